The van der Waals surface area contributed by atoms with Crippen LogP contribution in [0.5, 0.6) is 0 Å². The van der Waals surface area contributed by atoms with Gasteiger partial charge in [0.05, 0.1) is 5.70 Å². The summed E-state index contributed by atoms with van der Waals surface area (Å²) in [5.74, 6) is 0. The summed E-state index contributed by atoms with van der Waals surface area (Å²) >= 11 is 0. The van der Waals surface area contributed by atoms with Gasteiger partial charge in [-0.3, -0.25) is 0 Å². The lowest BCUT2D eigenvalue weighted by atomic mass is 10.3. The van der Waals surface area contributed by atoms with Crippen molar-refractivity contribution in [3.8, 4) is 0 Å². The highest BCUT2D eigenvalue weighted by atomic mass is 15.1. The van der Waals surface area contributed by atoms with Crippen molar-refractivity contribution in [2.45, 2.75) is 6.92 Å². The van der Waals surface area contributed by atoms with Gasteiger partial charge in [-0.05, 0) is 13.0 Å². The summed E-state index contributed by atoms with van der Waals surface area (Å²) in [4.78, 5) is 1.90. The second-order valence-corrected chi connectivity index (χ2v) is 2.37. The van der Waals surface area contributed by atoms with E-state index in [-0.39, 0.29) is 0 Å². The van der Waals surface area contributed by atoms with Crippen LogP contribution in [0.15, 0.2) is 23.7 Å². The highest BCUT2D eigenvalue weighted by Gasteiger charge is 1.92. The van der Waals surface area contributed by atoms with Gasteiger partial charge >= 0.3 is 0 Å². The Morgan fingerprint density at radius 1 is 1.40 bits per heavy atom. The first-order chi connectivity index (χ1) is 4.57. The summed E-state index contributed by atoms with van der Waals surface area (Å²) in [6.07, 6.45) is 3.34. The minimum atomic E-state index is 0.755. The van der Waals surface area contributed by atoms with Crippen LogP contribution >= 0.6 is 0 Å². The van der Waals surface area contributed by atoms with E-state index in [1.165, 1.54) is 6.20 Å². The monoisotopic (exact) mass is 141 g/mol. The molecule has 0 rings (SSSR count). The molecule has 3 heteroatoms. The van der Waals surface area contributed by atoms with Crippen molar-refractivity contribution in [3.05, 3.63) is 23.7 Å². The molecule has 3 nitrogen and oxygen atoms in total. The molecule has 0 heterocycles. The van der Waals surface area contributed by atoms with Crippen molar-refractivity contribution in [2.75, 3.05) is 14.1 Å². The Kier molecular flexibility index (Phi) is 3.39. The predicted molar refractivity (Wildman–Crippen MR) is 43.9 cm³/mol. The van der Waals surface area contributed by atoms with Gasteiger partial charge in [-0.1, -0.05) is 0 Å². The molecule has 0 unspecified atom stereocenters. The maximum Gasteiger partial charge on any atom is 0.0535 e. The molecule has 0 aromatic heterocycles. The molecule has 0 radical (unpaired) electrons. The molecule has 0 aliphatic rings. The Hall–Kier alpha value is -1.12. The molecule has 0 spiro atoms. The molecule has 0 atom stereocenters. The largest absolute Gasteiger partial charge is 0.403 e. The Morgan fingerprint density at radius 2 is 1.90 bits per heavy atom. The summed E-state index contributed by atoms with van der Waals surface area (Å²) in [6, 6.07) is 0. The van der Waals surface area contributed by atoms with Crippen molar-refractivity contribution in [2.24, 2.45) is 11.5 Å². The van der Waals surface area contributed by atoms with Gasteiger partial charge in [0.2, 0.25) is 0 Å². The lowest BCUT2D eigenvalue weighted by Gasteiger charge is -2.12. The van der Waals surface area contributed by atoms with E-state index in [2.05, 4.69) is 0 Å². The normalized spacial score (nSPS) is 13.5. The van der Waals surface area contributed by atoms with E-state index < -0.39 is 0 Å². The molecule has 4 N–H and O–H groups in total. The van der Waals surface area contributed by atoms with Crippen LogP contribution in [0.1, 0.15) is 6.92 Å². The summed E-state index contributed by atoms with van der Waals surface area (Å²) in [5.41, 5.74) is 12.4. The molecule has 0 bridgehead atoms. The summed E-state index contributed by atoms with van der Waals surface area (Å²) < 4.78 is 0. The number of likely N-dealkylation sites (N-methyl/N-ethyl adjacent to an activating group) is 1. The van der Waals surface area contributed by atoms with Crippen molar-refractivity contribution < 1.29 is 0 Å². The molecule has 58 valence electrons. The van der Waals surface area contributed by atoms with Crippen LogP contribution in [0.3, 0.4) is 0 Å². The minimum absolute atomic E-state index is 0.755. The SMILES string of the molecule is C/C(N)=C/C(=C\N)N(C)C. The van der Waals surface area contributed by atoms with Crippen LogP contribution in [0, 0.1) is 0 Å². The highest BCUT2D eigenvalue weighted by Crippen LogP contribution is 1.99. The lowest BCUT2D eigenvalue weighted by molar-refractivity contribution is 0.527. The Balaban J connectivity index is 4.26. The van der Waals surface area contributed by atoms with E-state index in [1.54, 1.807) is 0 Å². The van der Waals surface area contributed by atoms with Crippen molar-refractivity contribution in [1.29, 1.82) is 0 Å². The number of hydrogen-bond acceptors (Lipinski definition) is 3. The van der Waals surface area contributed by atoms with Gasteiger partial charge in [-0.2, -0.15) is 0 Å². The molecule has 0 saturated heterocycles. The minimum Gasteiger partial charge on any atom is -0.403 e. The van der Waals surface area contributed by atoms with Gasteiger partial charge in [0.1, 0.15) is 0 Å². The molecule has 0 aliphatic carbocycles. The van der Waals surface area contributed by atoms with Crippen LogP contribution in [0.4, 0.5) is 0 Å². The molecule has 0 aromatic carbocycles. The number of rotatable bonds is 2. The smallest absolute Gasteiger partial charge is 0.0535 e. The second kappa shape index (κ2) is 3.82. The Morgan fingerprint density at radius 3 is 2.00 bits per heavy atom. The molecule has 0 fully saturated rings. The molecule has 0 aromatic rings. The van der Waals surface area contributed by atoms with Crippen LogP contribution in [0.2, 0.25) is 0 Å². The van der Waals surface area contributed by atoms with Gasteiger partial charge < -0.3 is 16.4 Å². The predicted octanol–water partition coefficient (Wildman–Crippen LogP) is 0.211. The van der Waals surface area contributed by atoms with Crippen molar-refractivity contribution >= 4 is 0 Å². The summed E-state index contributed by atoms with van der Waals surface area (Å²) in [6.45, 7) is 1.83. The van der Waals surface area contributed by atoms with Gasteiger partial charge in [0.15, 0.2) is 0 Å². The average Bonchev–Trinajstić information content (AvgIpc) is 1.81. The first-order valence-electron chi connectivity index (χ1n) is 3.11. The third-order valence-electron chi connectivity index (χ3n) is 1.06. The maximum atomic E-state index is 5.44. The third kappa shape index (κ3) is 3.02. The number of allylic oxidation sites excluding steroid dienone is 2. The zero-order chi connectivity index (χ0) is 8.15. The van der Waals surface area contributed by atoms with E-state index >= 15 is 0 Å². The highest BCUT2D eigenvalue weighted by molar-refractivity contribution is 5.18. The fourth-order valence-electron chi connectivity index (χ4n) is 0.560. The van der Waals surface area contributed by atoms with Crippen LogP contribution in [-0.4, -0.2) is 19.0 Å². The van der Waals surface area contributed by atoms with Crippen molar-refractivity contribution in [1.82, 2.24) is 4.90 Å². The lowest BCUT2D eigenvalue weighted by Crippen LogP contribution is -2.12. The topological polar surface area (TPSA) is 55.3 Å². The van der Waals surface area contributed by atoms with E-state index in [0.717, 1.165) is 11.4 Å². The van der Waals surface area contributed by atoms with Crippen LogP contribution < -0.4 is 11.5 Å². The Labute approximate surface area is 62.0 Å². The summed E-state index contributed by atoms with van der Waals surface area (Å²) in [5, 5.41) is 0. The van der Waals surface area contributed by atoms with Gasteiger partial charge in [0.25, 0.3) is 0 Å². The van der Waals surface area contributed by atoms with Gasteiger partial charge in [0, 0.05) is 26.0 Å². The average molecular weight is 141 g/mol. The maximum absolute atomic E-state index is 5.44. The van der Waals surface area contributed by atoms with Crippen molar-refractivity contribution in [3.63, 3.8) is 0 Å². The molecule has 0 aliphatic heterocycles. The van der Waals surface area contributed by atoms with Crippen LogP contribution in [0.25, 0.3) is 0 Å². The quantitative estimate of drug-likeness (QED) is 0.540. The fourth-order valence-corrected chi connectivity index (χ4v) is 0.560. The molecule has 10 heavy (non-hydrogen) atoms. The van der Waals surface area contributed by atoms with E-state index in [0.29, 0.717) is 0 Å². The number of nitrogens with zero attached hydrogens (tertiary/aromatic N) is 1. The van der Waals surface area contributed by atoms with E-state index in [4.69, 9.17) is 11.5 Å². The third-order valence-corrected chi connectivity index (χ3v) is 1.06. The second-order valence-electron chi connectivity index (χ2n) is 2.37. The molecule has 0 saturated carbocycles. The van der Waals surface area contributed by atoms with Crippen LogP contribution in [-0.2, 0) is 0 Å². The Bertz CT molecular complexity index is 152. The number of nitrogens with two attached hydrogens (primary N) is 2. The standard InChI is InChI=1S/C7H15N3/c1-6(9)4-7(5-8)10(2)3/h4-5H,8-9H2,1-3H3/b6-4-,7-5+. The molecular weight excluding hydrogens is 126 g/mol. The fraction of sp³-hybridized carbons (Fsp3) is 0.429. The first kappa shape index (κ1) is 8.88. The number of hydrogen-bond donors (Lipinski definition) is 2. The zero-order valence-corrected chi connectivity index (χ0v) is 6.76. The van der Waals surface area contributed by atoms with E-state index in [1.807, 2.05) is 32.0 Å². The summed E-state index contributed by atoms with van der Waals surface area (Å²) in [7, 11) is 3.83. The molecule has 0 amide bonds. The van der Waals surface area contributed by atoms with Gasteiger partial charge in [-0.15, -0.1) is 0 Å². The zero-order valence-electron chi connectivity index (χ0n) is 6.76. The van der Waals surface area contributed by atoms with Gasteiger partial charge in [-0.25, -0.2) is 0 Å². The molecular formula is C7H15N3. The first-order valence-corrected chi connectivity index (χ1v) is 3.11. The van der Waals surface area contributed by atoms with E-state index in [9.17, 15) is 0 Å².